The number of benzene rings is 1. The third-order valence-corrected chi connectivity index (χ3v) is 1.84. The summed E-state index contributed by atoms with van der Waals surface area (Å²) < 4.78 is 17.9. The number of hydrogen-bond acceptors (Lipinski definition) is 3. The molecule has 72 valence electrons. The number of aromatic amines is 1. The Kier molecular flexibility index (Phi) is 1.92. The lowest BCUT2D eigenvalue weighted by molar-refractivity contribution is 0.415. The summed E-state index contributed by atoms with van der Waals surface area (Å²) >= 11 is 0. The van der Waals surface area contributed by atoms with Crippen molar-refractivity contribution in [3.8, 4) is 5.75 Å². The van der Waals surface area contributed by atoms with Crippen molar-refractivity contribution in [3.05, 3.63) is 34.5 Å². The fourth-order valence-electron chi connectivity index (χ4n) is 1.24. The average Bonchev–Trinajstić information content (AvgIpc) is 2.17. The quantitative estimate of drug-likeness (QED) is 0.738. The Morgan fingerprint density at radius 3 is 3.00 bits per heavy atom. The standard InChI is InChI=1S/C9H7FN2O2/c1-14-7-3-5(10)2-6-9(7)12-8(13)4-11-6/h2-4H,1H3,(H,12,13). The predicted molar refractivity (Wildman–Crippen MR) is 48.9 cm³/mol. The van der Waals surface area contributed by atoms with Crippen LogP contribution >= 0.6 is 0 Å². The molecular weight excluding hydrogens is 187 g/mol. The van der Waals surface area contributed by atoms with E-state index in [0.717, 1.165) is 6.20 Å². The molecule has 0 saturated heterocycles. The molecule has 1 aromatic heterocycles. The van der Waals surface area contributed by atoms with Crippen molar-refractivity contribution in [1.82, 2.24) is 9.97 Å². The van der Waals surface area contributed by atoms with Crippen LogP contribution in [-0.2, 0) is 0 Å². The van der Waals surface area contributed by atoms with Gasteiger partial charge in [0.25, 0.3) is 5.56 Å². The maximum absolute atomic E-state index is 13.0. The molecule has 1 heterocycles. The van der Waals surface area contributed by atoms with Crippen LogP contribution in [0.4, 0.5) is 4.39 Å². The number of H-pyrrole nitrogens is 1. The number of fused-ring (bicyclic) bond motifs is 1. The minimum absolute atomic E-state index is 0.269. The van der Waals surface area contributed by atoms with E-state index < -0.39 is 5.82 Å². The fourth-order valence-corrected chi connectivity index (χ4v) is 1.24. The highest BCUT2D eigenvalue weighted by Crippen LogP contribution is 2.22. The number of rotatable bonds is 1. The molecule has 0 radical (unpaired) electrons. The first-order valence-electron chi connectivity index (χ1n) is 3.93. The molecule has 0 aliphatic carbocycles. The van der Waals surface area contributed by atoms with Gasteiger partial charge in [-0.3, -0.25) is 4.79 Å². The second-order valence-electron chi connectivity index (χ2n) is 2.75. The third-order valence-electron chi connectivity index (χ3n) is 1.84. The lowest BCUT2D eigenvalue weighted by atomic mass is 10.2. The molecule has 1 aromatic carbocycles. The molecule has 0 aliphatic heterocycles. The van der Waals surface area contributed by atoms with Crippen LogP contribution in [0.15, 0.2) is 23.1 Å². The normalized spacial score (nSPS) is 10.4. The van der Waals surface area contributed by atoms with E-state index in [1.54, 1.807) is 0 Å². The molecule has 0 unspecified atom stereocenters. The van der Waals surface area contributed by atoms with Crippen molar-refractivity contribution >= 4 is 11.0 Å². The van der Waals surface area contributed by atoms with Crippen LogP contribution in [0.5, 0.6) is 5.75 Å². The fraction of sp³-hybridized carbons (Fsp3) is 0.111. The summed E-state index contributed by atoms with van der Waals surface area (Å²) in [5.74, 6) is -0.181. The second-order valence-corrected chi connectivity index (χ2v) is 2.75. The Morgan fingerprint density at radius 1 is 1.50 bits per heavy atom. The van der Waals surface area contributed by atoms with E-state index in [9.17, 15) is 9.18 Å². The minimum atomic E-state index is -0.450. The van der Waals surface area contributed by atoms with Gasteiger partial charge in [0.05, 0.1) is 18.8 Å². The van der Waals surface area contributed by atoms with Gasteiger partial charge in [0.1, 0.15) is 17.1 Å². The van der Waals surface area contributed by atoms with Crippen molar-refractivity contribution in [2.45, 2.75) is 0 Å². The molecule has 0 aliphatic rings. The Balaban J connectivity index is 2.88. The zero-order valence-electron chi connectivity index (χ0n) is 7.37. The van der Waals surface area contributed by atoms with E-state index in [1.807, 2.05) is 0 Å². The Bertz CT molecular complexity index is 536. The van der Waals surface area contributed by atoms with E-state index in [0.29, 0.717) is 11.0 Å². The van der Waals surface area contributed by atoms with Gasteiger partial charge in [0.2, 0.25) is 0 Å². The maximum atomic E-state index is 13.0. The van der Waals surface area contributed by atoms with Gasteiger partial charge in [-0.25, -0.2) is 9.37 Å². The van der Waals surface area contributed by atoms with Gasteiger partial charge in [-0.2, -0.15) is 0 Å². The summed E-state index contributed by atoms with van der Waals surface area (Å²) in [6.07, 6.45) is 1.10. The summed E-state index contributed by atoms with van der Waals surface area (Å²) in [6, 6.07) is 2.42. The maximum Gasteiger partial charge on any atom is 0.266 e. The van der Waals surface area contributed by atoms with Gasteiger partial charge in [0.15, 0.2) is 0 Å². The third kappa shape index (κ3) is 1.32. The summed E-state index contributed by atoms with van der Waals surface area (Å²) in [7, 11) is 1.40. The number of nitrogens with one attached hydrogen (secondary N) is 1. The number of methoxy groups -OCH3 is 1. The first-order chi connectivity index (χ1) is 6.70. The Hall–Kier alpha value is -1.91. The summed E-state index contributed by atoms with van der Waals surface area (Å²) in [4.78, 5) is 17.3. The molecule has 1 N–H and O–H groups in total. The molecule has 0 saturated carbocycles. The van der Waals surface area contributed by atoms with Crippen LogP contribution in [0.2, 0.25) is 0 Å². The highest BCUT2D eigenvalue weighted by Gasteiger charge is 2.05. The number of nitrogens with zero attached hydrogens (tertiary/aromatic N) is 1. The summed E-state index contributed by atoms with van der Waals surface area (Å²) in [5, 5.41) is 0. The molecule has 14 heavy (non-hydrogen) atoms. The lowest BCUT2D eigenvalue weighted by Crippen LogP contribution is -2.06. The highest BCUT2D eigenvalue weighted by atomic mass is 19.1. The largest absolute Gasteiger partial charge is 0.494 e. The minimum Gasteiger partial charge on any atom is -0.494 e. The molecule has 0 amide bonds. The van der Waals surface area contributed by atoms with Crippen molar-refractivity contribution < 1.29 is 9.13 Å². The number of halogens is 1. The monoisotopic (exact) mass is 194 g/mol. The molecule has 5 heteroatoms. The zero-order chi connectivity index (χ0) is 10.1. The van der Waals surface area contributed by atoms with Crippen LogP contribution in [-0.4, -0.2) is 17.1 Å². The van der Waals surface area contributed by atoms with Crippen molar-refractivity contribution in [2.24, 2.45) is 0 Å². The van der Waals surface area contributed by atoms with Crippen LogP contribution in [0, 0.1) is 5.82 Å². The zero-order valence-corrected chi connectivity index (χ0v) is 7.37. The first-order valence-corrected chi connectivity index (χ1v) is 3.93. The van der Waals surface area contributed by atoms with Crippen molar-refractivity contribution in [2.75, 3.05) is 7.11 Å². The Labute approximate surface area is 78.4 Å². The molecule has 0 bridgehead atoms. The molecular formula is C9H7FN2O2. The van der Waals surface area contributed by atoms with Crippen LogP contribution in [0.25, 0.3) is 11.0 Å². The van der Waals surface area contributed by atoms with Crippen molar-refractivity contribution in [3.63, 3.8) is 0 Å². The molecule has 4 nitrogen and oxygen atoms in total. The van der Waals surface area contributed by atoms with E-state index in [1.165, 1.54) is 19.2 Å². The number of aromatic nitrogens is 2. The molecule has 0 fully saturated rings. The second kappa shape index (κ2) is 3.10. The Morgan fingerprint density at radius 2 is 2.29 bits per heavy atom. The van der Waals surface area contributed by atoms with Gasteiger partial charge in [-0.15, -0.1) is 0 Å². The molecule has 2 rings (SSSR count). The smallest absolute Gasteiger partial charge is 0.266 e. The molecule has 2 aromatic rings. The average molecular weight is 194 g/mol. The summed E-state index contributed by atoms with van der Waals surface area (Å²) in [6.45, 7) is 0. The number of ether oxygens (including phenoxy) is 1. The van der Waals surface area contributed by atoms with Crippen LogP contribution in [0.1, 0.15) is 0 Å². The van der Waals surface area contributed by atoms with E-state index >= 15 is 0 Å². The SMILES string of the molecule is COc1cc(F)cc2ncc(=O)[nH]c12. The lowest BCUT2D eigenvalue weighted by Gasteiger charge is -2.03. The molecule has 0 spiro atoms. The van der Waals surface area contributed by atoms with Crippen molar-refractivity contribution in [1.29, 1.82) is 0 Å². The van der Waals surface area contributed by atoms with Gasteiger partial charge < -0.3 is 9.72 Å². The van der Waals surface area contributed by atoms with Gasteiger partial charge in [-0.1, -0.05) is 0 Å². The van der Waals surface area contributed by atoms with Gasteiger partial charge >= 0.3 is 0 Å². The van der Waals surface area contributed by atoms with E-state index in [-0.39, 0.29) is 11.3 Å². The van der Waals surface area contributed by atoms with Crippen LogP contribution in [0.3, 0.4) is 0 Å². The predicted octanol–water partition coefficient (Wildman–Crippen LogP) is 1.07. The van der Waals surface area contributed by atoms with Gasteiger partial charge in [0, 0.05) is 12.1 Å². The van der Waals surface area contributed by atoms with Gasteiger partial charge in [-0.05, 0) is 0 Å². The van der Waals surface area contributed by atoms with Crippen LogP contribution < -0.4 is 10.3 Å². The summed E-state index contributed by atoms with van der Waals surface area (Å²) in [5.41, 5.74) is 0.422. The highest BCUT2D eigenvalue weighted by molar-refractivity contribution is 5.80. The number of hydrogen-bond donors (Lipinski definition) is 1. The first kappa shape index (κ1) is 8.68. The van der Waals surface area contributed by atoms with E-state index in [2.05, 4.69) is 9.97 Å². The topological polar surface area (TPSA) is 55.0 Å². The molecule has 0 atom stereocenters. The van der Waals surface area contributed by atoms with E-state index in [4.69, 9.17) is 4.74 Å².